The van der Waals surface area contributed by atoms with Crippen LogP contribution in [-0.2, 0) is 18.3 Å². The second-order valence-corrected chi connectivity index (χ2v) is 7.97. The van der Waals surface area contributed by atoms with Crippen LogP contribution in [0, 0.1) is 13.8 Å². The Balaban J connectivity index is 1.37. The predicted molar refractivity (Wildman–Crippen MR) is 115 cm³/mol. The number of ether oxygens (including phenoxy) is 1. The summed E-state index contributed by atoms with van der Waals surface area (Å²) in [6.07, 6.45) is 5.89. The fourth-order valence-electron chi connectivity index (χ4n) is 4.14. The molecule has 7 nitrogen and oxygen atoms in total. The molecule has 4 aromatic rings. The number of hydrogen-bond donors (Lipinski definition) is 0. The Labute approximate surface area is 175 Å². The van der Waals surface area contributed by atoms with Crippen LogP contribution in [0.1, 0.15) is 28.7 Å². The van der Waals surface area contributed by atoms with Crippen molar-refractivity contribution < 1.29 is 4.74 Å². The Morgan fingerprint density at radius 2 is 2.03 bits per heavy atom. The van der Waals surface area contributed by atoms with Gasteiger partial charge in [0.1, 0.15) is 11.8 Å². The molecule has 0 unspecified atom stereocenters. The molecule has 7 heteroatoms. The second-order valence-electron chi connectivity index (χ2n) is 7.97. The summed E-state index contributed by atoms with van der Waals surface area (Å²) in [5, 5.41) is 4.26. The number of imidazole rings is 1. The van der Waals surface area contributed by atoms with Crippen LogP contribution in [-0.4, -0.2) is 48.7 Å². The Morgan fingerprint density at radius 3 is 2.87 bits per heavy atom. The molecule has 1 aliphatic heterocycles. The minimum Gasteiger partial charge on any atom is -0.369 e. The average molecular weight is 403 g/mol. The van der Waals surface area contributed by atoms with Crippen LogP contribution in [0.5, 0.6) is 0 Å². The summed E-state index contributed by atoms with van der Waals surface area (Å²) in [6.45, 7) is 7.45. The molecule has 5 rings (SSSR count). The summed E-state index contributed by atoms with van der Waals surface area (Å²) < 4.78 is 10.1. The molecule has 5 heterocycles. The normalized spacial score (nSPS) is 17.6. The maximum atomic E-state index is 6.10. The standard InChI is InChI=1S/C23H26N6O/c1-16-6-5-9-29-21(17(2)25-23(16)29)14-28-10-11-30-22(15-28)20-8-4-7-19(26-20)18-12-24-27(3)13-18/h4-9,12-13,22H,10-11,14-15H2,1-3H3/t22-/m1/s1. The highest BCUT2D eigenvalue weighted by atomic mass is 16.5. The number of hydrogen-bond acceptors (Lipinski definition) is 5. The molecule has 0 spiro atoms. The minimum absolute atomic E-state index is 0.0448. The second kappa shape index (κ2) is 7.66. The van der Waals surface area contributed by atoms with Gasteiger partial charge >= 0.3 is 0 Å². The van der Waals surface area contributed by atoms with Crippen molar-refractivity contribution >= 4 is 5.65 Å². The summed E-state index contributed by atoms with van der Waals surface area (Å²) in [5.41, 5.74) is 7.48. The van der Waals surface area contributed by atoms with Crippen LogP contribution in [0.2, 0.25) is 0 Å². The van der Waals surface area contributed by atoms with E-state index in [9.17, 15) is 0 Å². The fourth-order valence-corrected chi connectivity index (χ4v) is 4.14. The van der Waals surface area contributed by atoms with Crippen LogP contribution in [0.4, 0.5) is 0 Å². The van der Waals surface area contributed by atoms with E-state index in [2.05, 4.69) is 52.6 Å². The maximum absolute atomic E-state index is 6.10. The number of pyridine rings is 2. The molecule has 154 valence electrons. The molecule has 0 aromatic carbocycles. The maximum Gasteiger partial charge on any atom is 0.140 e. The van der Waals surface area contributed by atoms with E-state index in [1.165, 1.54) is 11.3 Å². The number of aryl methyl sites for hydroxylation is 3. The highest BCUT2D eigenvalue weighted by molar-refractivity contribution is 5.57. The van der Waals surface area contributed by atoms with E-state index >= 15 is 0 Å². The molecule has 0 bridgehead atoms. The van der Waals surface area contributed by atoms with Crippen molar-refractivity contribution in [3.63, 3.8) is 0 Å². The predicted octanol–water partition coefficient (Wildman–Crippen LogP) is 3.32. The largest absolute Gasteiger partial charge is 0.369 e. The minimum atomic E-state index is -0.0448. The Morgan fingerprint density at radius 1 is 1.13 bits per heavy atom. The molecule has 0 aliphatic carbocycles. The van der Waals surface area contributed by atoms with Crippen LogP contribution in [0.15, 0.2) is 48.9 Å². The lowest BCUT2D eigenvalue weighted by atomic mass is 10.1. The molecular formula is C23H26N6O. The first kappa shape index (κ1) is 19.0. The van der Waals surface area contributed by atoms with E-state index in [0.717, 1.165) is 47.9 Å². The highest BCUT2D eigenvalue weighted by Gasteiger charge is 2.25. The SMILES string of the molecule is Cc1nc2c(C)cccn2c1CN1CCO[C@@H](c2cccc(-c3cnn(C)c3)n2)C1. The van der Waals surface area contributed by atoms with Gasteiger partial charge in [-0.25, -0.2) is 9.97 Å². The first-order valence-corrected chi connectivity index (χ1v) is 10.3. The third kappa shape index (κ3) is 3.51. The molecule has 1 fully saturated rings. The average Bonchev–Trinajstić information content (AvgIpc) is 3.33. The third-order valence-electron chi connectivity index (χ3n) is 5.77. The Bertz CT molecular complexity index is 1190. The monoisotopic (exact) mass is 402 g/mol. The van der Waals surface area contributed by atoms with Crippen molar-refractivity contribution in [2.24, 2.45) is 7.05 Å². The number of aromatic nitrogens is 5. The van der Waals surface area contributed by atoms with Gasteiger partial charge in [0.25, 0.3) is 0 Å². The molecule has 0 radical (unpaired) electrons. The first-order chi connectivity index (χ1) is 14.6. The van der Waals surface area contributed by atoms with Gasteiger partial charge in [0.05, 0.1) is 35.6 Å². The zero-order chi connectivity index (χ0) is 20.7. The molecule has 0 amide bonds. The van der Waals surface area contributed by atoms with Gasteiger partial charge in [-0.1, -0.05) is 12.1 Å². The van der Waals surface area contributed by atoms with Crippen LogP contribution in [0.3, 0.4) is 0 Å². The van der Waals surface area contributed by atoms with Crippen molar-refractivity contribution in [2.45, 2.75) is 26.5 Å². The molecule has 30 heavy (non-hydrogen) atoms. The van der Waals surface area contributed by atoms with Crippen LogP contribution in [0.25, 0.3) is 16.9 Å². The molecular weight excluding hydrogens is 376 g/mol. The van der Waals surface area contributed by atoms with Crippen LogP contribution >= 0.6 is 0 Å². The van der Waals surface area contributed by atoms with Crippen molar-refractivity contribution in [3.05, 3.63) is 71.6 Å². The first-order valence-electron chi connectivity index (χ1n) is 10.3. The third-order valence-corrected chi connectivity index (χ3v) is 5.77. The van der Waals surface area contributed by atoms with Crippen molar-refractivity contribution in [3.8, 4) is 11.3 Å². The van der Waals surface area contributed by atoms with E-state index in [1.807, 2.05) is 31.6 Å². The van der Waals surface area contributed by atoms with Gasteiger partial charge in [0.2, 0.25) is 0 Å². The highest BCUT2D eigenvalue weighted by Crippen LogP contribution is 2.26. The molecule has 0 N–H and O–H groups in total. The summed E-state index contributed by atoms with van der Waals surface area (Å²) in [4.78, 5) is 12.1. The quantitative estimate of drug-likeness (QED) is 0.524. The van der Waals surface area contributed by atoms with E-state index in [4.69, 9.17) is 14.7 Å². The van der Waals surface area contributed by atoms with Crippen molar-refractivity contribution in [1.29, 1.82) is 0 Å². The van der Waals surface area contributed by atoms with Gasteiger partial charge in [-0.3, -0.25) is 9.58 Å². The van der Waals surface area contributed by atoms with Gasteiger partial charge < -0.3 is 9.14 Å². The molecule has 1 atom stereocenters. The lowest BCUT2D eigenvalue weighted by Gasteiger charge is -2.32. The lowest BCUT2D eigenvalue weighted by Crippen LogP contribution is -2.38. The van der Waals surface area contributed by atoms with Gasteiger partial charge in [-0.05, 0) is 37.6 Å². The van der Waals surface area contributed by atoms with Crippen LogP contribution < -0.4 is 0 Å². The van der Waals surface area contributed by atoms with Crippen molar-refractivity contribution in [2.75, 3.05) is 19.7 Å². The topological polar surface area (TPSA) is 60.5 Å². The fraction of sp³-hybridized carbons (Fsp3) is 0.348. The summed E-state index contributed by atoms with van der Waals surface area (Å²) in [5.74, 6) is 0. The van der Waals surface area contributed by atoms with Gasteiger partial charge in [0.15, 0.2) is 0 Å². The summed E-state index contributed by atoms with van der Waals surface area (Å²) in [6, 6.07) is 10.3. The van der Waals surface area contributed by atoms with E-state index in [0.29, 0.717) is 6.61 Å². The molecule has 1 saturated heterocycles. The van der Waals surface area contributed by atoms with Crippen molar-refractivity contribution in [1.82, 2.24) is 29.0 Å². The number of fused-ring (bicyclic) bond motifs is 1. The number of nitrogens with zero attached hydrogens (tertiary/aromatic N) is 6. The summed E-state index contributed by atoms with van der Waals surface area (Å²) >= 11 is 0. The lowest BCUT2D eigenvalue weighted by molar-refractivity contribution is -0.0354. The number of morpholine rings is 1. The smallest absolute Gasteiger partial charge is 0.140 e. The Kier molecular flexibility index (Phi) is 4.84. The zero-order valence-corrected chi connectivity index (χ0v) is 17.6. The number of rotatable bonds is 4. The van der Waals surface area contributed by atoms with Gasteiger partial charge in [-0.15, -0.1) is 0 Å². The Hall–Kier alpha value is -3.03. The molecule has 0 saturated carbocycles. The molecule has 4 aromatic heterocycles. The molecule has 1 aliphatic rings. The van der Waals surface area contributed by atoms with E-state index in [1.54, 1.807) is 4.68 Å². The van der Waals surface area contributed by atoms with E-state index < -0.39 is 0 Å². The van der Waals surface area contributed by atoms with Gasteiger partial charge in [0, 0.05) is 44.6 Å². The van der Waals surface area contributed by atoms with Gasteiger partial charge in [-0.2, -0.15) is 5.10 Å². The zero-order valence-electron chi connectivity index (χ0n) is 17.6. The summed E-state index contributed by atoms with van der Waals surface area (Å²) in [7, 11) is 1.92. The van der Waals surface area contributed by atoms with E-state index in [-0.39, 0.29) is 6.10 Å².